The molecule has 19 heavy (non-hydrogen) atoms. The van der Waals surface area contributed by atoms with Gasteiger partial charge in [-0.25, -0.2) is 0 Å². The zero-order valence-electron chi connectivity index (χ0n) is 9.76. The van der Waals surface area contributed by atoms with Crippen LogP contribution in [0.15, 0.2) is 28.7 Å². The molecule has 0 spiro atoms. The largest absolute Gasteiger partial charge is 0.441 e. The summed E-state index contributed by atoms with van der Waals surface area (Å²) in [6.07, 6.45) is 0. The molecule has 1 aromatic carbocycles. The number of benzene rings is 1. The van der Waals surface area contributed by atoms with Gasteiger partial charge in [0.25, 0.3) is 0 Å². The van der Waals surface area contributed by atoms with Gasteiger partial charge in [-0.05, 0) is 36.0 Å². The van der Waals surface area contributed by atoms with Gasteiger partial charge in [-0.1, -0.05) is 15.9 Å². The Bertz CT molecular complexity index is 411. The SMILES string of the molecule is O=C(CNCCSC(F)(F)F)Nc1ccc(Br)cc1. The van der Waals surface area contributed by atoms with Crippen molar-refractivity contribution >= 4 is 39.3 Å². The van der Waals surface area contributed by atoms with Crippen LogP contribution < -0.4 is 10.6 Å². The number of rotatable bonds is 6. The Morgan fingerprint density at radius 2 is 1.89 bits per heavy atom. The number of hydrogen-bond donors (Lipinski definition) is 2. The van der Waals surface area contributed by atoms with Gasteiger partial charge >= 0.3 is 5.51 Å². The molecule has 3 nitrogen and oxygen atoms in total. The van der Waals surface area contributed by atoms with Gasteiger partial charge in [0, 0.05) is 22.5 Å². The molecule has 0 bridgehead atoms. The molecule has 0 aliphatic rings. The van der Waals surface area contributed by atoms with Crippen molar-refractivity contribution in [2.24, 2.45) is 0 Å². The lowest BCUT2D eigenvalue weighted by Gasteiger charge is -2.08. The van der Waals surface area contributed by atoms with Gasteiger partial charge in [-0.3, -0.25) is 4.79 Å². The van der Waals surface area contributed by atoms with E-state index in [4.69, 9.17) is 0 Å². The number of carbonyl (C=O) groups excluding carboxylic acids is 1. The van der Waals surface area contributed by atoms with Gasteiger partial charge in [0.05, 0.1) is 6.54 Å². The molecule has 1 amide bonds. The lowest BCUT2D eigenvalue weighted by Crippen LogP contribution is -2.30. The lowest BCUT2D eigenvalue weighted by molar-refractivity contribution is -0.115. The monoisotopic (exact) mass is 356 g/mol. The molecule has 106 valence electrons. The predicted molar refractivity (Wildman–Crippen MR) is 74.2 cm³/mol. The number of hydrogen-bond acceptors (Lipinski definition) is 3. The van der Waals surface area contributed by atoms with E-state index in [0.717, 1.165) is 4.47 Å². The molecule has 0 saturated heterocycles. The summed E-state index contributed by atoms with van der Waals surface area (Å²) in [5.41, 5.74) is -3.58. The highest BCUT2D eigenvalue weighted by molar-refractivity contribution is 9.10. The van der Waals surface area contributed by atoms with E-state index >= 15 is 0 Å². The standard InChI is InChI=1S/C11H12BrF3N2OS/c12-8-1-3-9(4-2-8)17-10(18)7-16-5-6-19-11(13,14)15/h1-4,16H,5-7H2,(H,17,18). The molecule has 1 aromatic rings. The number of nitrogens with one attached hydrogen (secondary N) is 2. The van der Waals surface area contributed by atoms with Crippen LogP contribution in [0, 0.1) is 0 Å². The smallest absolute Gasteiger partial charge is 0.325 e. The van der Waals surface area contributed by atoms with Crippen LogP contribution in [0.3, 0.4) is 0 Å². The third-order valence-electron chi connectivity index (χ3n) is 1.96. The summed E-state index contributed by atoms with van der Waals surface area (Å²) in [5, 5.41) is 5.27. The number of halogens is 4. The first-order chi connectivity index (χ1) is 8.87. The van der Waals surface area contributed by atoms with Crippen molar-refractivity contribution in [3.05, 3.63) is 28.7 Å². The second-order valence-corrected chi connectivity index (χ2v) is 5.60. The molecular formula is C11H12BrF3N2OS. The fourth-order valence-electron chi connectivity index (χ4n) is 1.18. The second-order valence-electron chi connectivity index (χ2n) is 3.53. The first-order valence-corrected chi connectivity index (χ1v) is 7.11. The minimum Gasteiger partial charge on any atom is -0.325 e. The predicted octanol–water partition coefficient (Wildman–Crippen LogP) is 3.23. The zero-order chi connectivity index (χ0) is 14.3. The van der Waals surface area contributed by atoms with E-state index in [-0.39, 0.29) is 36.5 Å². The van der Waals surface area contributed by atoms with Crippen molar-refractivity contribution in [1.29, 1.82) is 0 Å². The first-order valence-electron chi connectivity index (χ1n) is 5.33. The van der Waals surface area contributed by atoms with Crippen molar-refractivity contribution in [1.82, 2.24) is 5.32 Å². The van der Waals surface area contributed by atoms with Crippen molar-refractivity contribution < 1.29 is 18.0 Å². The van der Waals surface area contributed by atoms with Crippen LogP contribution in [-0.2, 0) is 4.79 Å². The molecule has 0 aliphatic heterocycles. The maximum Gasteiger partial charge on any atom is 0.441 e. The lowest BCUT2D eigenvalue weighted by atomic mass is 10.3. The molecule has 0 saturated carbocycles. The van der Waals surface area contributed by atoms with E-state index in [0.29, 0.717) is 5.69 Å². The number of thioether (sulfide) groups is 1. The van der Waals surface area contributed by atoms with Crippen molar-refractivity contribution in [2.75, 3.05) is 24.2 Å². The Labute approximate surface area is 121 Å². The summed E-state index contributed by atoms with van der Waals surface area (Å²) in [4.78, 5) is 11.4. The quantitative estimate of drug-likeness (QED) is 0.769. The summed E-state index contributed by atoms with van der Waals surface area (Å²) >= 11 is 3.16. The Balaban J connectivity index is 2.16. The zero-order valence-corrected chi connectivity index (χ0v) is 12.2. The van der Waals surface area contributed by atoms with E-state index in [2.05, 4.69) is 26.6 Å². The third-order valence-corrected chi connectivity index (χ3v) is 3.22. The minimum atomic E-state index is -4.22. The van der Waals surface area contributed by atoms with Crippen LogP contribution in [0.5, 0.6) is 0 Å². The molecule has 0 heterocycles. The van der Waals surface area contributed by atoms with Gasteiger partial charge in [-0.15, -0.1) is 0 Å². The maximum absolute atomic E-state index is 11.8. The van der Waals surface area contributed by atoms with E-state index < -0.39 is 5.51 Å². The van der Waals surface area contributed by atoms with Gasteiger partial charge < -0.3 is 10.6 Å². The highest BCUT2D eigenvalue weighted by atomic mass is 79.9. The van der Waals surface area contributed by atoms with E-state index in [1.165, 1.54) is 0 Å². The molecule has 0 unspecified atom stereocenters. The normalized spacial score (nSPS) is 11.4. The molecule has 0 aromatic heterocycles. The Kier molecular flexibility index (Phi) is 6.67. The fourth-order valence-corrected chi connectivity index (χ4v) is 1.92. The Morgan fingerprint density at radius 1 is 1.26 bits per heavy atom. The maximum atomic E-state index is 11.8. The van der Waals surface area contributed by atoms with Gasteiger partial charge in [0.2, 0.25) is 5.91 Å². The summed E-state index contributed by atoms with van der Waals surface area (Å²) < 4.78 is 36.3. The van der Waals surface area contributed by atoms with Crippen LogP contribution >= 0.6 is 27.7 Å². The van der Waals surface area contributed by atoms with E-state index in [1.807, 2.05) is 0 Å². The fraction of sp³-hybridized carbons (Fsp3) is 0.364. The van der Waals surface area contributed by atoms with Crippen LogP contribution in [0.25, 0.3) is 0 Å². The number of carbonyl (C=O) groups is 1. The molecule has 8 heteroatoms. The number of alkyl halides is 3. The van der Waals surface area contributed by atoms with Crippen LogP contribution in [0.2, 0.25) is 0 Å². The van der Waals surface area contributed by atoms with Gasteiger partial charge in [-0.2, -0.15) is 13.2 Å². The summed E-state index contributed by atoms with van der Waals surface area (Å²) in [7, 11) is 0. The van der Waals surface area contributed by atoms with Gasteiger partial charge in [0.15, 0.2) is 0 Å². The second kappa shape index (κ2) is 7.76. The molecule has 0 atom stereocenters. The van der Waals surface area contributed by atoms with Crippen molar-refractivity contribution in [3.8, 4) is 0 Å². The molecule has 0 fully saturated rings. The highest BCUT2D eigenvalue weighted by Crippen LogP contribution is 2.29. The van der Waals surface area contributed by atoms with E-state index in [9.17, 15) is 18.0 Å². The average Bonchev–Trinajstić information content (AvgIpc) is 2.30. The van der Waals surface area contributed by atoms with Gasteiger partial charge in [0.1, 0.15) is 0 Å². The van der Waals surface area contributed by atoms with Crippen LogP contribution in [0.4, 0.5) is 18.9 Å². The van der Waals surface area contributed by atoms with Crippen LogP contribution in [-0.4, -0.2) is 30.3 Å². The molecular weight excluding hydrogens is 345 g/mol. The Hall–Kier alpha value is -0.730. The number of amides is 1. The number of anilines is 1. The minimum absolute atomic E-state index is 0.0194. The topological polar surface area (TPSA) is 41.1 Å². The molecule has 2 N–H and O–H groups in total. The Morgan fingerprint density at radius 3 is 2.47 bits per heavy atom. The van der Waals surface area contributed by atoms with Crippen molar-refractivity contribution in [3.63, 3.8) is 0 Å². The highest BCUT2D eigenvalue weighted by Gasteiger charge is 2.27. The van der Waals surface area contributed by atoms with Crippen molar-refractivity contribution in [2.45, 2.75) is 5.51 Å². The summed E-state index contributed by atoms with van der Waals surface area (Å²) in [6, 6.07) is 7.01. The van der Waals surface area contributed by atoms with Crippen LogP contribution in [0.1, 0.15) is 0 Å². The van der Waals surface area contributed by atoms with E-state index in [1.54, 1.807) is 24.3 Å². The summed E-state index contributed by atoms with van der Waals surface area (Å²) in [6.45, 7) is 0.104. The first kappa shape index (κ1) is 16.3. The third kappa shape index (κ3) is 8.12. The summed E-state index contributed by atoms with van der Waals surface area (Å²) in [5.74, 6) is -0.408. The average molecular weight is 357 g/mol. The molecule has 0 aliphatic carbocycles. The molecule has 0 radical (unpaired) electrons. The molecule has 1 rings (SSSR count).